The number of hydrogen-bond donors (Lipinski definition) is 1. The second-order valence-electron chi connectivity index (χ2n) is 8.26. The molecule has 2 unspecified atom stereocenters. The maximum absolute atomic E-state index is 13.1. The van der Waals surface area contributed by atoms with Gasteiger partial charge in [-0.3, -0.25) is 15.0 Å². The van der Waals surface area contributed by atoms with Crippen molar-refractivity contribution in [3.63, 3.8) is 0 Å². The number of hydrazine groups is 1. The van der Waals surface area contributed by atoms with Crippen LogP contribution in [-0.4, -0.2) is 24.2 Å². The fourth-order valence-electron chi connectivity index (χ4n) is 3.75. The first-order valence-corrected chi connectivity index (χ1v) is 12.4. The monoisotopic (exact) mass is 482 g/mol. The van der Waals surface area contributed by atoms with Crippen LogP contribution in [-0.2, 0) is 16.0 Å². The fraction of sp³-hybridized carbons (Fsp3) is 0.333. The Morgan fingerprint density at radius 1 is 1.21 bits per heavy atom. The van der Waals surface area contributed by atoms with Crippen molar-refractivity contribution in [2.24, 2.45) is 11.8 Å². The fourth-order valence-corrected chi connectivity index (χ4v) is 3.98. The smallest absolute Gasteiger partial charge is 0.258 e. The third-order valence-electron chi connectivity index (χ3n) is 5.90. The molecule has 2 aromatic rings. The molecule has 3 rings (SSSR count). The minimum atomic E-state index is -0.835. The molecular weight excluding hydrogens is 451 g/mol. The highest BCUT2D eigenvalue weighted by Gasteiger charge is 2.40. The Labute approximate surface area is 205 Å². The second kappa shape index (κ2) is 12.4. The van der Waals surface area contributed by atoms with E-state index in [4.69, 9.17) is 4.74 Å². The summed E-state index contributed by atoms with van der Waals surface area (Å²) in [6, 6.07) is 12.8. The number of nitrogens with zero attached hydrogens (tertiary/aromatic N) is 1. The molecule has 0 aliphatic carbocycles. The minimum absolute atomic E-state index is 0.248. The van der Waals surface area contributed by atoms with Gasteiger partial charge in [0.05, 0.1) is 12.3 Å². The molecule has 7 heteroatoms. The van der Waals surface area contributed by atoms with Gasteiger partial charge in [-0.25, -0.2) is 5.01 Å². The van der Waals surface area contributed by atoms with Gasteiger partial charge < -0.3 is 4.74 Å². The van der Waals surface area contributed by atoms with Crippen molar-refractivity contribution in [2.45, 2.75) is 33.1 Å². The molecule has 0 aromatic heterocycles. The number of carbonyl (C=O) groups is 2. The SMILES string of the molecule is C=Cc1c(CC2C(=O)NN(c3ccccc3)C2=O)ccc(OCCCSF)c1/C=C\C(C)CC. The third kappa shape index (κ3) is 6.08. The summed E-state index contributed by atoms with van der Waals surface area (Å²) in [5, 5.41) is 1.31. The van der Waals surface area contributed by atoms with Gasteiger partial charge in [0.25, 0.3) is 11.8 Å². The van der Waals surface area contributed by atoms with Crippen LogP contribution in [0.25, 0.3) is 12.2 Å². The first-order chi connectivity index (χ1) is 16.5. The van der Waals surface area contributed by atoms with Gasteiger partial charge in [0, 0.05) is 23.5 Å². The number of anilines is 1. The summed E-state index contributed by atoms with van der Waals surface area (Å²) in [4.78, 5) is 25.8. The minimum Gasteiger partial charge on any atom is -0.493 e. The Morgan fingerprint density at radius 2 is 1.97 bits per heavy atom. The Balaban J connectivity index is 1.90. The molecule has 1 N–H and O–H groups in total. The Kier molecular flexibility index (Phi) is 9.33. The van der Waals surface area contributed by atoms with Gasteiger partial charge in [-0.15, -0.1) is 0 Å². The van der Waals surface area contributed by atoms with Crippen molar-refractivity contribution in [3.8, 4) is 5.75 Å². The van der Waals surface area contributed by atoms with Crippen LogP contribution in [0.5, 0.6) is 5.75 Å². The molecule has 2 amide bonds. The van der Waals surface area contributed by atoms with Crippen molar-refractivity contribution < 1.29 is 18.2 Å². The molecule has 2 atom stereocenters. The number of benzene rings is 2. The highest BCUT2D eigenvalue weighted by Crippen LogP contribution is 2.32. The van der Waals surface area contributed by atoms with E-state index in [9.17, 15) is 13.5 Å². The van der Waals surface area contributed by atoms with Gasteiger partial charge in [-0.05, 0) is 48.1 Å². The number of amides is 2. The number of halogens is 1. The Hall–Kier alpha value is -3.06. The molecule has 1 fully saturated rings. The van der Waals surface area contributed by atoms with Crippen molar-refractivity contribution in [1.29, 1.82) is 0 Å². The van der Waals surface area contributed by atoms with E-state index in [0.717, 1.165) is 23.1 Å². The van der Waals surface area contributed by atoms with Crippen molar-refractivity contribution in [2.75, 3.05) is 17.4 Å². The molecule has 0 radical (unpaired) electrons. The van der Waals surface area contributed by atoms with Crippen LogP contribution >= 0.6 is 12.1 Å². The normalized spacial score (nSPS) is 16.7. The van der Waals surface area contributed by atoms with Crippen molar-refractivity contribution in [1.82, 2.24) is 5.43 Å². The highest BCUT2D eigenvalue weighted by atomic mass is 32.2. The van der Waals surface area contributed by atoms with Gasteiger partial charge >= 0.3 is 0 Å². The molecule has 0 spiro atoms. The predicted molar refractivity (Wildman–Crippen MR) is 138 cm³/mol. The number of allylic oxidation sites excluding steroid dienone is 1. The van der Waals surface area contributed by atoms with Crippen LogP contribution in [0.1, 0.15) is 43.4 Å². The van der Waals surface area contributed by atoms with Crippen LogP contribution in [0.4, 0.5) is 9.57 Å². The van der Waals surface area contributed by atoms with Gasteiger partial charge in [0.1, 0.15) is 11.7 Å². The van der Waals surface area contributed by atoms with E-state index in [2.05, 4.69) is 31.9 Å². The summed E-state index contributed by atoms with van der Waals surface area (Å²) in [5.74, 6) is -0.0227. The number of nitrogens with one attached hydrogen (secondary N) is 1. The maximum atomic E-state index is 13.1. The highest BCUT2D eigenvalue weighted by molar-refractivity contribution is 7.94. The molecule has 0 saturated carbocycles. The van der Waals surface area contributed by atoms with Gasteiger partial charge in [-0.2, -0.15) is 3.89 Å². The molecule has 1 saturated heterocycles. The lowest BCUT2D eigenvalue weighted by Gasteiger charge is -2.17. The zero-order valence-corrected chi connectivity index (χ0v) is 20.4. The van der Waals surface area contributed by atoms with Crippen LogP contribution in [0, 0.1) is 11.8 Å². The van der Waals surface area contributed by atoms with Gasteiger partial charge in [0.2, 0.25) is 0 Å². The first-order valence-electron chi connectivity index (χ1n) is 11.5. The van der Waals surface area contributed by atoms with E-state index in [-0.39, 0.29) is 18.2 Å². The third-order valence-corrected chi connectivity index (χ3v) is 6.34. The van der Waals surface area contributed by atoms with Crippen LogP contribution < -0.4 is 15.2 Å². The molecule has 34 heavy (non-hydrogen) atoms. The zero-order valence-electron chi connectivity index (χ0n) is 19.6. The van der Waals surface area contributed by atoms with E-state index >= 15 is 0 Å². The number of rotatable bonds is 12. The average Bonchev–Trinajstić information content (AvgIpc) is 3.14. The molecule has 2 aromatic carbocycles. The van der Waals surface area contributed by atoms with E-state index in [1.165, 1.54) is 5.01 Å². The number of ether oxygens (including phenoxy) is 1. The molecule has 1 heterocycles. The molecule has 0 bridgehead atoms. The molecular formula is C27H31FN2O3S. The molecule has 5 nitrogen and oxygen atoms in total. The second-order valence-corrected chi connectivity index (χ2v) is 8.88. The summed E-state index contributed by atoms with van der Waals surface area (Å²) < 4.78 is 18.3. The van der Waals surface area contributed by atoms with E-state index in [1.807, 2.05) is 36.4 Å². The summed E-state index contributed by atoms with van der Waals surface area (Å²) in [5.41, 5.74) is 5.84. The van der Waals surface area contributed by atoms with Gasteiger partial charge in [-0.1, -0.05) is 69.3 Å². The van der Waals surface area contributed by atoms with Gasteiger partial charge in [0.15, 0.2) is 0 Å². The van der Waals surface area contributed by atoms with Crippen LogP contribution in [0.2, 0.25) is 0 Å². The average molecular weight is 483 g/mol. The number of hydrogen-bond acceptors (Lipinski definition) is 4. The van der Waals surface area contributed by atoms with Crippen molar-refractivity contribution in [3.05, 3.63) is 71.8 Å². The maximum Gasteiger partial charge on any atom is 0.258 e. The summed E-state index contributed by atoms with van der Waals surface area (Å²) in [6.07, 6.45) is 7.70. The first kappa shape index (κ1) is 25.6. The molecule has 180 valence electrons. The van der Waals surface area contributed by atoms with Crippen LogP contribution in [0.3, 0.4) is 0 Å². The van der Waals surface area contributed by atoms with Crippen molar-refractivity contribution >= 4 is 41.8 Å². The lowest BCUT2D eigenvalue weighted by molar-refractivity contribution is -0.127. The molecule has 1 aliphatic heterocycles. The standard InChI is InChI=1S/C27H31FN2O3S/c1-4-19(3)12-14-23-22(5-2)20(13-15-25(23)33-16-9-17-34-28)18-24-26(31)29-30(27(24)32)21-10-7-6-8-11-21/h5-8,10-15,19,24H,2,4,9,16-18H2,1,3H3,(H,29,31)/b14-12-. The Morgan fingerprint density at radius 3 is 2.65 bits per heavy atom. The zero-order chi connectivity index (χ0) is 24.5. The van der Waals surface area contributed by atoms with Crippen LogP contribution in [0.15, 0.2) is 55.1 Å². The summed E-state index contributed by atoms with van der Waals surface area (Å²) in [7, 11) is 0. The number of para-hydroxylation sites is 1. The quantitative estimate of drug-likeness (QED) is 0.297. The van der Waals surface area contributed by atoms with E-state index in [1.54, 1.807) is 18.2 Å². The Bertz CT molecular complexity index is 1040. The van der Waals surface area contributed by atoms with E-state index < -0.39 is 5.92 Å². The summed E-state index contributed by atoms with van der Waals surface area (Å²) >= 11 is 0.301. The molecule has 1 aliphatic rings. The lowest BCUT2D eigenvalue weighted by Crippen LogP contribution is -2.35. The lowest BCUT2D eigenvalue weighted by atomic mass is 9.91. The number of carbonyl (C=O) groups excluding carboxylic acids is 2. The topological polar surface area (TPSA) is 58.6 Å². The largest absolute Gasteiger partial charge is 0.493 e. The predicted octanol–water partition coefficient (Wildman–Crippen LogP) is 6.01. The summed E-state index contributed by atoms with van der Waals surface area (Å²) in [6.45, 7) is 8.63. The van der Waals surface area contributed by atoms with E-state index in [0.29, 0.717) is 48.3 Å².